The average molecular weight is 345 g/mol. The van der Waals surface area contributed by atoms with E-state index in [0.29, 0.717) is 15.7 Å². The molecule has 0 saturated carbocycles. The van der Waals surface area contributed by atoms with Gasteiger partial charge in [-0.25, -0.2) is 0 Å². The fraction of sp³-hybridized carbons (Fsp3) is 0.125. The van der Waals surface area contributed by atoms with Gasteiger partial charge in [0.2, 0.25) is 5.16 Å². The van der Waals surface area contributed by atoms with E-state index in [1.165, 1.54) is 11.8 Å². The third-order valence-corrected chi connectivity index (χ3v) is 4.51. The van der Waals surface area contributed by atoms with Gasteiger partial charge in [0.1, 0.15) is 0 Å². The minimum absolute atomic E-state index is 0.00859. The van der Waals surface area contributed by atoms with Gasteiger partial charge in [-0.3, -0.25) is 4.79 Å². The summed E-state index contributed by atoms with van der Waals surface area (Å²) in [7, 11) is 0. The molecule has 0 saturated heterocycles. The smallest absolute Gasteiger partial charge is 0.214 e. The molecule has 0 aliphatic carbocycles. The zero-order valence-electron chi connectivity index (χ0n) is 12.3. The lowest BCUT2D eigenvalue weighted by Gasteiger charge is -2.10. The molecular formula is C16H13ClN4OS. The summed E-state index contributed by atoms with van der Waals surface area (Å²) in [5, 5.41) is 12.6. The number of aromatic nitrogens is 4. The van der Waals surface area contributed by atoms with Gasteiger partial charge in [0.25, 0.3) is 0 Å². The van der Waals surface area contributed by atoms with Crippen LogP contribution in [0, 0.1) is 0 Å². The zero-order chi connectivity index (χ0) is 16.2. The molecule has 0 bridgehead atoms. The Balaban J connectivity index is 1.79. The molecule has 7 heteroatoms. The molecule has 0 N–H and O–H groups in total. The van der Waals surface area contributed by atoms with Crippen molar-refractivity contribution in [3.63, 3.8) is 0 Å². The molecule has 1 aromatic heterocycles. The van der Waals surface area contributed by atoms with Crippen LogP contribution in [0.25, 0.3) is 5.69 Å². The Labute approximate surface area is 142 Å². The van der Waals surface area contributed by atoms with E-state index in [2.05, 4.69) is 15.5 Å². The van der Waals surface area contributed by atoms with Crippen LogP contribution in [0.15, 0.2) is 59.8 Å². The number of carbonyl (C=O) groups excluding carboxylic acids is 1. The predicted molar refractivity (Wildman–Crippen MR) is 90.3 cm³/mol. The number of para-hydroxylation sites is 1. The number of thioether (sulfide) groups is 1. The van der Waals surface area contributed by atoms with Crippen molar-refractivity contribution in [1.82, 2.24) is 20.2 Å². The van der Waals surface area contributed by atoms with E-state index < -0.39 is 0 Å². The van der Waals surface area contributed by atoms with E-state index in [-0.39, 0.29) is 11.0 Å². The molecule has 5 nitrogen and oxygen atoms in total. The van der Waals surface area contributed by atoms with Crippen molar-refractivity contribution in [2.24, 2.45) is 0 Å². The fourth-order valence-electron chi connectivity index (χ4n) is 2.04. The molecule has 3 rings (SSSR count). The summed E-state index contributed by atoms with van der Waals surface area (Å²) >= 11 is 7.18. The highest BCUT2D eigenvalue weighted by Gasteiger charge is 2.20. The van der Waals surface area contributed by atoms with Crippen molar-refractivity contribution in [3.8, 4) is 5.69 Å². The third kappa shape index (κ3) is 3.60. The number of rotatable bonds is 5. The van der Waals surface area contributed by atoms with Crippen LogP contribution in [0.5, 0.6) is 0 Å². The Hall–Kier alpha value is -2.18. The largest absolute Gasteiger partial charge is 0.293 e. The maximum absolute atomic E-state index is 12.5. The van der Waals surface area contributed by atoms with Crippen LogP contribution in [0.4, 0.5) is 0 Å². The summed E-state index contributed by atoms with van der Waals surface area (Å²) in [6.45, 7) is 1.84. The van der Waals surface area contributed by atoms with Crippen LogP contribution < -0.4 is 0 Å². The second kappa shape index (κ2) is 6.93. The Kier molecular flexibility index (Phi) is 4.73. The van der Waals surface area contributed by atoms with Crippen LogP contribution in [-0.2, 0) is 0 Å². The lowest BCUT2D eigenvalue weighted by molar-refractivity contribution is 0.0994. The first-order valence-corrected chi connectivity index (χ1v) is 8.21. The average Bonchev–Trinajstić information content (AvgIpc) is 3.04. The summed E-state index contributed by atoms with van der Waals surface area (Å²) in [5.74, 6) is 0.00859. The first-order valence-electron chi connectivity index (χ1n) is 6.95. The van der Waals surface area contributed by atoms with Crippen LogP contribution in [0.2, 0.25) is 5.02 Å². The lowest BCUT2D eigenvalue weighted by atomic mass is 10.1. The minimum atomic E-state index is -0.315. The second-order valence-electron chi connectivity index (χ2n) is 4.84. The van der Waals surface area contributed by atoms with Gasteiger partial charge in [-0.2, -0.15) is 4.68 Å². The Morgan fingerprint density at radius 3 is 2.52 bits per heavy atom. The van der Waals surface area contributed by atoms with Crippen molar-refractivity contribution in [3.05, 3.63) is 65.2 Å². The molecule has 0 radical (unpaired) electrons. The molecule has 116 valence electrons. The van der Waals surface area contributed by atoms with Gasteiger partial charge in [-0.1, -0.05) is 41.6 Å². The molecule has 0 aliphatic heterocycles. The van der Waals surface area contributed by atoms with Crippen molar-refractivity contribution >= 4 is 29.1 Å². The molecule has 1 unspecified atom stereocenters. The first-order chi connectivity index (χ1) is 11.1. The summed E-state index contributed by atoms with van der Waals surface area (Å²) in [6, 6.07) is 16.4. The molecule has 3 aromatic rings. The number of halogens is 1. The molecule has 0 fully saturated rings. The number of benzene rings is 2. The van der Waals surface area contributed by atoms with E-state index in [9.17, 15) is 4.79 Å². The second-order valence-corrected chi connectivity index (χ2v) is 6.58. The van der Waals surface area contributed by atoms with E-state index in [1.807, 2.05) is 37.3 Å². The van der Waals surface area contributed by atoms with Crippen LogP contribution in [0.3, 0.4) is 0 Å². The quantitative estimate of drug-likeness (QED) is 0.522. The number of tetrazole rings is 1. The van der Waals surface area contributed by atoms with Gasteiger partial charge >= 0.3 is 0 Å². The maximum atomic E-state index is 12.5. The maximum Gasteiger partial charge on any atom is 0.214 e. The van der Waals surface area contributed by atoms with Gasteiger partial charge in [-0.05, 0) is 53.7 Å². The number of carbonyl (C=O) groups is 1. The Morgan fingerprint density at radius 1 is 1.13 bits per heavy atom. The first kappa shape index (κ1) is 15.7. The molecule has 0 spiro atoms. The Bertz CT molecular complexity index is 804. The van der Waals surface area contributed by atoms with Gasteiger partial charge in [0.05, 0.1) is 10.9 Å². The summed E-state index contributed by atoms with van der Waals surface area (Å²) in [4.78, 5) is 12.5. The molecule has 0 aliphatic rings. The number of Topliss-reactive ketones (excluding diaryl/α,β-unsaturated/α-hetero) is 1. The fourth-order valence-corrected chi connectivity index (χ4v) is 3.05. The molecule has 1 heterocycles. The monoisotopic (exact) mass is 344 g/mol. The van der Waals surface area contributed by atoms with Gasteiger partial charge in [0.15, 0.2) is 5.78 Å². The standard InChI is InChI=1S/C16H13ClN4OS/c1-11(15(22)12-7-9-13(17)10-8-12)23-16-18-19-20-21(16)14-5-3-2-4-6-14/h2-11H,1H3. The van der Waals surface area contributed by atoms with Crippen molar-refractivity contribution in [2.45, 2.75) is 17.3 Å². The van der Waals surface area contributed by atoms with Crippen molar-refractivity contribution in [2.75, 3.05) is 0 Å². The lowest BCUT2D eigenvalue weighted by Crippen LogP contribution is -2.14. The highest BCUT2D eigenvalue weighted by molar-refractivity contribution is 8.00. The highest BCUT2D eigenvalue weighted by atomic mass is 35.5. The van der Waals surface area contributed by atoms with E-state index in [1.54, 1.807) is 28.9 Å². The van der Waals surface area contributed by atoms with Crippen LogP contribution in [-0.4, -0.2) is 31.2 Å². The molecular weight excluding hydrogens is 332 g/mol. The number of hydrogen-bond acceptors (Lipinski definition) is 5. The molecule has 2 aromatic carbocycles. The van der Waals surface area contributed by atoms with Gasteiger partial charge < -0.3 is 0 Å². The minimum Gasteiger partial charge on any atom is -0.293 e. The van der Waals surface area contributed by atoms with Crippen molar-refractivity contribution in [1.29, 1.82) is 0 Å². The molecule has 1 atom stereocenters. The summed E-state index contributed by atoms with van der Waals surface area (Å²) in [6.07, 6.45) is 0. The molecule has 23 heavy (non-hydrogen) atoms. The van der Waals surface area contributed by atoms with Gasteiger partial charge in [0, 0.05) is 10.6 Å². The van der Waals surface area contributed by atoms with Crippen molar-refractivity contribution < 1.29 is 4.79 Å². The molecule has 0 amide bonds. The summed E-state index contributed by atoms with van der Waals surface area (Å²) in [5.41, 5.74) is 1.47. The van der Waals surface area contributed by atoms with E-state index in [0.717, 1.165) is 5.69 Å². The Morgan fingerprint density at radius 2 is 1.83 bits per heavy atom. The number of nitrogens with zero attached hydrogens (tertiary/aromatic N) is 4. The number of ketones is 1. The van der Waals surface area contributed by atoms with E-state index in [4.69, 9.17) is 11.6 Å². The van der Waals surface area contributed by atoms with Gasteiger partial charge in [-0.15, -0.1) is 5.10 Å². The van der Waals surface area contributed by atoms with Crippen LogP contribution >= 0.6 is 23.4 Å². The SMILES string of the molecule is CC(Sc1nnnn1-c1ccccc1)C(=O)c1ccc(Cl)cc1. The van der Waals surface area contributed by atoms with E-state index >= 15 is 0 Å². The number of hydrogen-bond donors (Lipinski definition) is 0. The van der Waals surface area contributed by atoms with Crippen LogP contribution in [0.1, 0.15) is 17.3 Å². The normalized spacial score (nSPS) is 12.1. The summed E-state index contributed by atoms with van der Waals surface area (Å²) < 4.78 is 1.62. The predicted octanol–water partition coefficient (Wildman–Crippen LogP) is 3.68. The third-order valence-electron chi connectivity index (χ3n) is 3.22. The highest BCUT2D eigenvalue weighted by Crippen LogP contribution is 2.25. The topological polar surface area (TPSA) is 60.7 Å². The zero-order valence-corrected chi connectivity index (χ0v) is 13.8.